The second kappa shape index (κ2) is 6.42. The zero-order valence-electron chi connectivity index (χ0n) is 12.6. The van der Waals surface area contributed by atoms with Crippen molar-refractivity contribution in [3.05, 3.63) is 69.7 Å². The van der Waals surface area contributed by atoms with Gasteiger partial charge in [0.1, 0.15) is 0 Å². The Morgan fingerprint density at radius 1 is 1.22 bits per heavy atom. The molecule has 2 aromatic rings. The molecule has 0 radical (unpaired) electrons. The van der Waals surface area contributed by atoms with Crippen LogP contribution in [0.1, 0.15) is 44.3 Å². The number of amides is 1. The van der Waals surface area contributed by atoms with Gasteiger partial charge in [0, 0.05) is 0 Å². The molecular formula is C18H16ClNO3. The lowest BCUT2D eigenvalue weighted by Gasteiger charge is -2.15. The molecule has 4 nitrogen and oxygen atoms in total. The fraction of sp³-hybridized carbons (Fsp3) is 0.222. The summed E-state index contributed by atoms with van der Waals surface area (Å²) < 4.78 is 4.75. The number of benzene rings is 2. The van der Waals surface area contributed by atoms with E-state index in [0.29, 0.717) is 16.1 Å². The van der Waals surface area contributed by atoms with Crippen molar-refractivity contribution in [2.45, 2.75) is 18.9 Å². The molecule has 1 amide bonds. The van der Waals surface area contributed by atoms with Gasteiger partial charge in [-0.25, -0.2) is 4.79 Å². The molecule has 0 heterocycles. The second-order valence-corrected chi connectivity index (χ2v) is 5.86. The smallest absolute Gasteiger partial charge is 0.337 e. The van der Waals surface area contributed by atoms with Gasteiger partial charge in [-0.1, -0.05) is 29.8 Å². The van der Waals surface area contributed by atoms with E-state index in [2.05, 4.69) is 5.32 Å². The Labute approximate surface area is 139 Å². The third-order valence-electron chi connectivity index (χ3n) is 4.07. The van der Waals surface area contributed by atoms with Gasteiger partial charge in [0.2, 0.25) is 0 Å². The van der Waals surface area contributed by atoms with Gasteiger partial charge in [-0.3, -0.25) is 4.79 Å². The predicted octanol–water partition coefficient (Wildman–Crippen LogP) is 3.54. The topological polar surface area (TPSA) is 55.4 Å². The summed E-state index contributed by atoms with van der Waals surface area (Å²) in [6.45, 7) is 0. The zero-order valence-corrected chi connectivity index (χ0v) is 13.4. The van der Waals surface area contributed by atoms with Crippen LogP contribution in [0.2, 0.25) is 5.02 Å². The average Bonchev–Trinajstić information content (AvgIpc) is 2.96. The summed E-state index contributed by atoms with van der Waals surface area (Å²) >= 11 is 6.07. The number of fused-ring (bicyclic) bond motifs is 1. The van der Waals surface area contributed by atoms with Crippen LogP contribution in [-0.4, -0.2) is 19.0 Å². The highest BCUT2D eigenvalue weighted by Gasteiger charge is 2.26. The summed E-state index contributed by atoms with van der Waals surface area (Å²) in [5, 5.41) is 3.42. The van der Waals surface area contributed by atoms with E-state index in [9.17, 15) is 9.59 Å². The van der Waals surface area contributed by atoms with Gasteiger partial charge < -0.3 is 10.1 Å². The van der Waals surface area contributed by atoms with Crippen LogP contribution < -0.4 is 5.32 Å². The zero-order chi connectivity index (χ0) is 16.4. The molecule has 0 saturated carbocycles. The number of aryl methyl sites for hydroxylation is 1. The molecule has 2 aromatic carbocycles. The monoisotopic (exact) mass is 329 g/mol. The van der Waals surface area contributed by atoms with Crippen LogP contribution in [0, 0.1) is 0 Å². The van der Waals surface area contributed by atoms with Crippen molar-refractivity contribution in [1.82, 2.24) is 5.32 Å². The lowest BCUT2D eigenvalue weighted by atomic mass is 10.0. The summed E-state index contributed by atoms with van der Waals surface area (Å²) in [5.74, 6) is -0.590. The number of nitrogens with one attached hydrogen (secondary N) is 1. The van der Waals surface area contributed by atoms with E-state index < -0.39 is 0 Å². The van der Waals surface area contributed by atoms with Crippen molar-refractivity contribution in [3.63, 3.8) is 0 Å². The Bertz CT molecular complexity index is 773. The molecule has 1 atom stereocenters. The summed E-state index contributed by atoms with van der Waals surface area (Å²) in [6, 6.07) is 12.3. The van der Waals surface area contributed by atoms with E-state index in [-0.39, 0.29) is 17.9 Å². The van der Waals surface area contributed by atoms with Crippen LogP contribution in [0.3, 0.4) is 0 Å². The van der Waals surface area contributed by atoms with Crippen LogP contribution in [0.4, 0.5) is 0 Å². The maximum absolute atomic E-state index is 12.4. The standard InChI is InChI=1S/C18H16ClNO3/c1-23-18(22)12-7-6-11-8-9-16(14(11)10-12)20-17(21)13-4-2-3-5-15(13)19/h2-7,10,16H,8-9H2,1H3,(H,20,21)/t16-/m0/s1. The maximum Gasteiger partial charge on any atom is 0.337 e. The van der Waals surface area contributed by atoms with E-state index in [1.165, 1.54) is 7.11 Å². The van der Waals surface area contributed by atoms with Gasteiger partial charge in [0.05, 0.1) is 29.3 Å². The molecule has 0 saturated heterocycles. The molecule has 0 fully saturated rings. The highest BCUT2D eigenvalue weighted by molar-refractivity contribution is 6.33. The van der Waals surface area contributed by atoms with Crippen LogP contribution in [0.5, 0.6) is 0 Å². The van der Waals surface area contributed by atoms with Crippen LogP contribution in [-0.2, 0) is 11.2 Å². The number of carbonyl (C=O) groups is 2. The van der Waals surface area contributed by atoms with Crippen LogP contribution in [0.15, 0.2) is 42.5 Å². The number of hydrogen-bond donors (Lipinski definition) is 1. The second-order valence-electron chi connectivity index (χ2n) is 5.45. The Hall–Kier alpha value is -2.33. The highest BCUT2D eigenvalue weighted by atomic mass is 35.5. The Kier molecular flexibility index (Phi) is 4.35. The number of halogens is 1. The van der Waals surface area contributed by atoms with E-state index in [1.807, 2.05) is 6.07 Å². The molecule has 1 N–H and O–H groups in total. The number of rotatable bonds is 3. The maximum atomic E-state index is 12.4. The minimum atomic E-state index is -0.379. The van der Waals surface area contributed by atoms with Crippen molar-refractivity contribution in [2.75, 3.05) is 7.11 Å². The molecule has 0 bridgehead atoms. The Morgan fingerprint density at radius 3 is 2.74 bits per heavy atom. The molecule has 0 aromatic heterocycles. The van der Waals surface area contributed by atoms with Gasteiger partial charge in [-0.2, -0.15) is 0 Å². The summed E-state index contributed by atoms with van der Waals surface area (Å²) in [7, 11) is 1.35. The third kappa shape index (κ3) is 3.08. The predicted molar refractivity (Wildman–Crippen MR) is 87.8 cm³/mol. The first-order valence-corrected chi connectivity index (χ1v) is 7.74. The highest BCUT2D eigenvalue weighted by Crippen LogP contribution is 2.32. The molecule has 3 rings (SSSR count). The van der Waals surface area contributed by atoms with Gasteiger partial charge in [-0.05, 0) is 48.2 Å². The summed E-state index contributed by atoms with van der Waals surface area (Å²) in [6.07, 6.45) is 1.67. The van der Waals surface area contributed by atoms with Gasteiger partial charge in [-0.15, -0.1) is 0 Å². The van der Waals surface area contributed by atoms with Gasteiger partial charge in [0.25, 0.3) is 5.91 Å². The first-order chi connectivity index (χ1) is 11.1. The average molecular weight is 330 g/mol. The molecular weight excluding hydrogens is 314 g/mol. The normalized spacial score (nSPS) is 15.8. The molecule has 118 valence electrons. The van der Waals surface area contributed by atoms with Crippen LogP contribution in [0.25, 0.3) is 0 Å². The summed E-state index contributed by atoms with van der Waals surface area (Å²) in [5.41, 5.74) is 3.05. The minimum Gasteiger partial charge on any atom is -0.465 e. The number of hydrogen-bond acceptors (Lipinski definition) is 3. The molecule has 0 spiro atoms. The first-order valence-electron chi connectivity index (χ1n) is 7.36. The van der Waals surface area contributed by atoms with E-state index in [1.54, 1.807) is 36.4 Å². The number of esters is 1. The van der Waals surface area contributed by atoms with E-state index >= 15 is 0 Å². The quantitative estimate of drug-likeness (QED) is 0.876. The minimum absolute atomic E-state index is 0.127. The fourth-order valence-electron chi connectivity index (χ4n) is 2.88. The van der Waals surface area contributed by atoms with Gasteiger partial charge in [0.15, 0.2) is 0 Å². The number of carbonyl (C=O) groups excluding carboxylic acids is 2. The molecule has 23 heavy (non-hydrogen) atoms. The lowest BCUT2D eigenvalue weighted by molar-refractivity contribution is 0.0600. The fourth-order valence-corrected chi connectivity index (χ4v) is 3.10. The molecule has 5 heteroatoms. The van der Waals surface area contributed by atoms with E-state index in [4.69, 9.17) is 16.3 Å². The van der Waals surface area contributed by atoms with E-state index in [0.717, 1.165) is 24.0 Å². The number of ether oxygens (including phenoxy) is 1. The Morgan fingerprint density at radius 2 is 2.00 bits per heavy atom. The van der Waals surface area contributed by atoms with Crippen LogP contribution >= 0.6 is 11.6 Å². The molecule has 0 unspecified atom stereocenters. The largest absolute Gasteiger partial charge is 0.465 e. The molecule has 1 aliphatic carbocycles. The van der Waals surface area contributed by atoms with Crippen molar-refractivity contribution in [1.29, 1.82) is 0 Å². The lowest BCUT2D eigenvalue weighted by Crippen LogP contribution is -2.27. The number of methoxy groups -OCH3 is 1. The molecule has 1 aliphatic rings. The summed E-state index contributed by atoms with van der Waals surface area (Å²) in [4.78, 5) is 24.1. The van der Waals surface area contributed by atoms with Crippen molar-refractivity contribution in [3.8, 4) is 0 Å². The van der Waals surface area contributed by atoms with Gasteiger partial charge >= 0.3 is 5.97 Å². The third-order valence-corrected chi connectivity index (χ3v) is 4.40. The van der Waals surface area contributed by atoms with Crippen molar-refractivity contribution < 1.29 is 14.3 Å². The Balaban J connectivity index is 1.83. The SMILES string of the molecule is COC(=O)c1ccc2c(c1)[C@@H](NC(=O)c1ccccc1Cl)CC2. The van der Waals surface area contributed by atoms with Crippen molar-refractivity contribution in [2.24, 2.45) is 0 Å². The molecule has 0 aliphatic heterocycles. The first kappa shape index (κ1) is 15.6. The van der Waals surface area contributed by atoms with Crippen molar-refractivity contribution >= 4 is 23.5 Å².